The van der Waals surface area contributed by atoms with Gasteiger partial charge in [-0.1, -0.05) is 19.1 Å². The van der Waals surface area contributed by atoms with Gasteiger partial charge in [0.2, 0.25) is 0 Å². The number of hydrogen-bond donors (Lipinski definition) is 1. The minimum atomic E-state index is -0.687. The highest BCUT2D eigenvalue weighted by Gasteiger charge is 2.33. The summed E-state index contributed by atoms with van der Waals surface area (Å²) in [6.07, 6.45) is 2.11. The van der Waals surface area contributed by atoms with Gasteiger partial charge in [-0.3, -0.25) is 9.69 Å². The van der Waals surface area contributed by atoms with E-state index in [1.54, 1.807) is 0 Å². The monoisotopic (exact) mass is 359 g/mol. The summed E-state index contributed by atoms with van der Waals surface area (Å²) in [4.78, 5) is 13.5. The largest absolute Gasteiger partial charge is 0.480 e. The van der Waals surface area contributed by atoms with Crippen LogP contribution in [0.4, 0.5) is 0 Å². The lowest BCUT2D eigenvalue weighted by atomic mass is 9.90. The zero-order chi connectivity index (χ0) is 13.1. The van der Waals surface area contributed by atoms with Gasteiger partial charge in [0.1, 0.15) is 6.04 Å². The lowest BCUT2D eigenvalue weighted by molar-refractivity contribution is -0.147. The summed E-state index contributed by atoms with van der Waals surface area (Å²) in [6.45, 7) is 3.66. The second kappa shape index (κ2) is 6.02. The smallest absolute Gasteiger partial charge is 0.321 e. The van der Waals surface area contributed by atoms with E-state index in [2.05, 4.69) is 51.8 Å². The quantitative estimate of drug-likeness (QED) is 0.844. The third kappa shape index (κ3) is 3.23. The first-order chi connectivity index (χ1) is 8.58. The number of carbonyl (C=O) groups is 1. The van der Waals surface area contributed by atoms with E-state index in [9.17, 15) is 9.90 Å². The summed E-state index contributed by atoms with van der Waals surface area (Å²) in [6, 6.07) is 7.97. The Balaban J connectivity index is 2.10. The fourth-order valence-electron chi connectivity index (χ4n) is 2.67. The lowest BCUT2D eigenvalue weighted by Gasteiger charge is -2.37. The number of piperidine rings is 1. The topological polar surface area (TPSA) is 40.5 Å². The Labute approximate surface area is 121 Å². The number of hydrogen-bond acceptors (Lipinski definition) is 2. The first-order valence-electron chi connectivity index (χ1n) is 6.29. The van der Waals surface area contributed by atoms with Crippen LogP contribution in [0.2, 0.25) is 0 Å². The van der Waals surface area contributed by atoms with Gasteiger partial charge in [-0.05, 0) is 65.6 Å². The minimum Gasteiger partial charge on any atom is -0.480 e. The van der Waals surface area contributed by atoms with E-state index in [1.807, 2.05) is 6.92 Å². The normalized spacial score (nSPS) is 25.0. The molecule has 0 radical (unpaired) electrons. The first kappa shape index (κ1) is 13.8. The van der Waals surface area contributed by atoms with Gasteiger partial charge >= 0.3 is 5.97 Å². The molecule has 2 atom stereocenters. The van der Waals surface area contributed by atoms with E-state index < -0.39 is 5.97 Å². The van der Waals surface area contributed by atoms with Crippen LogP contribution < -0.4 is 0 Å². The van der Waals surface area contributed by atoms with Crippen LogP contribution in [0.5, 0.6) is 0 Å². The summed E-state index contributed by atoms with van der Waals surface area (Å²) < 4.78 is 1.21. The summed E-state index contributed by atoms with van der Waals surface area (Å²) in [5, 5.41) is 9.36. The Morgan fingerprint density at radius 1 is 1.44 bits per heavy atom. The van der Waals surface area contributed by atoms with Crippen molar-refractivity contribution in [3.8, 4) is 0 Å². The van der Waals surface area contributed by atoms with Crippen LogP contribution >= 0.6 is 22.6 Å². The number of carboxylic acids is 1. The highest BCUT2D eigenvalue weighted by molar-refractivity contribution is 14.1. The molecule has 0 bridgehead atoms. The Bertz CT molecular complexity index is 418. The zero-order valence-electron chi connectivity index (χ0n) is 10.5. The molecule has 1 N–H and O–H groups in total. The SMILES string of the molecule is CC1CCCN(Cc2ccc(I)cc2)C1C(=O)O. The molecule has 2 rings (SSSR count). The van der Waals surface area contributed by atoms with Crippen molar-refractivity contribution in [1.29, 1.82) is 0 Å². The lowest BCUT2D eigenvalue weighted by Crippen LogP contribution is -2.48. The molecule has 98 valence electrons. The molecule has 0 saturated carbocycles. The molecule has 1 heterocycles. The van der Waals surface area contributed by atoms with Crippen LogP contribution in [0.1, 0.15) is 25.3 Å². The summed E-state index contributed by atoms with van der Waals surface area (Å²) in [7, 11) is 0. The van der Waals surface area contributed by atoms with Crippen LogP contribution in [-0.2, 0) is 11.3 Å². The van der Waals surface area contributed by atoms with Gasteiger partial charge in [0.25, 0.3) is 0 Å². The molecule has 4 heteroatoms. The van der Waals surface area contributed by atoms with E-state index in [0.717, 1.165) is 25.9 Å². The van der Waals surface area contributed by atoms with E-state index in [0.29, 0.717) is 0 Å². The zero-order valence-corrected chi connectivity index (χ0v) is 12.6. The number of rotatable bonds is 3. The van der Waals surface area contributed by atoms with Crippen molar-refractivity contribution in [2.24, 2.45) is 5.92 Å². The average molecular weight is 359 g/mol. The van der Waals surface area contributed by atoms with Gasteiger partial charge in [0, 0.05) is 10.1 Å². The molecule has 0 spiro atoms. The highest BCUT2D eigenvalue weighted by Crippen LogP contribution is 2.25. The molecule has 18 heavy (non-hydrogen) atoms. The predicted molar refractivity (Wildman–Crippen MR) is 79.4 cm³/mol. The number of nitrogens with zero attached hydrogens (tertiary/aromatic N) is 1. The van der Waals surface area contributed by atoms with Crippen LogP contribution in [0.15, 0.2) is 24.3 Å². The van der Waals surface area contributed by atoms with Gasteiger partial charge in [-0.2, -0.15) is 0 Å². The van der Waals surface area contributed by atoms with Crippen LogP contribution in [0.25, 0.3) is 0 Å². The fourth-order valence-corrected chi connectivity index (χ4v) is 3.03. The van der Waals surface area contributed by atoms with Crippen molar-refractivity contribution in [2.75, 3.05) is 6.54 Å². The summed E-state index contributed by atoms with van der Waals surface area (Å²) in [5.74, 6) is -0.451. The molecule has 1 fully saturated rings. The van der Waals surface area contributed by atoms with Crippen LogP contribution in [-0.4, -0.2) is 28.6 Å². The van der Waals surface area contributed by atoms with Gasteiger partial charge < -0.3 is 5.11 Å². The van der Waals surface area contributed by atoms with Gasteiger partial charge in [-0.15, -0.1) is 0 Å². The van der Waals surface area contributed by atoms with Crippen molar-refractivity contribution in [3.05, 3.63) is 33.4 Å². The Hall–Kier alpha value is -0.620. The highest BCUT2D eigenvalue weighted by atomic mass is 127. The number of carboxylic acid groups (broad SMARTS) is 1. The van der Waals surface area contributed by atoms with Gasteiger partial charge in [0.15, 0.2) is 0 Å². The molecule has 0 aromatic heterocycles. The van der Waals surface area contributed by atoms with Crippen molar-refractivity contribution in [1.82, 2.24) is 4.90 Å². The number of benzene rings is 1. The summed E-state index contributed by atoms with van der Waals surface area (Å²) in [5.41, 5.74) is 1.19. The van der Waals surface area contributed by atoms with E-state index in [-0.39, 0.29) is 12.0 Å². The number of likely N-dealkylation sites (tertiary alicyclic amines) is 1. The second-order valence-electron chi connectivity index (χ2n) is 5.00. The van der Waals surface area contributed by atoms with Crippen molar-refractivity contribution < 1.29 is 9.90 Å². The molecular formula is C14H18INO2. The molecule has 3 nitrogen and oxygen atoms in total. The third-order valence-corrected chi connectivity index (χ3v) is 4.31. The molecule has 0 amide bonds. The van der Waals surface area contributed by atoms with Crippen molar-refractivity contribution in [2.45, 2.75) is 32.4 Å². The maximum absolute atomic E-state index is 11.4. The number of aliphatic carboxylic acids is 1. The van der Waals surface area contributed by atoms with Crippen LogP contribution in [0.3, 0.4) is 0 Å². The van der Waals surface area contributed by atoms with Crippen molar-refractivity contribution >= 4 is 28.6 Å². The fraction of sp³-hybridized carbons (Fsp3) is 0.500. The Morgan fingerprint density at radius 2 is 2.11 bits per heavy atom. The number of halogens is 1. The molecule has 2 unspecified atom stereocenters. The standard InChI is InChI=1S/C14H18INO2/c1-10-3-2-8-16(13(10)14(17)18)9-11-4-6-12(15)7-5-11/h4-7,10,13H,2-3,8-9H2,1H3,(H,17,18). The molecule has 1 saturated heterocycles. The average Bonchev–Trinajstić information content (AvgIpc) is 2.32. The molecule has 1 aromatic carbocycles. The maximum atomic E-state index is 11.4. The second-order valence-corrected chi connectivity index (χ2v) is 6.25. The summed E-state index contributed by atoms with van der Waals surface area (Å²) >= 11 is 2.28. The Kier molecular flexibility index (Phi) is 4.61. The molecule has 1 aliphatic rings. The van der Waals surface area contributed by atoms with Gasteiger partial charge in [-0.25, -0.2) is 0 Å². The van der Waals surface area contributed by atoms with Crippen molar-refractivity contribution in [3.63, 3.8) is 0 Å². The third-order valence-electron chi connectivity index (χ3n) is 3.59. The molecule has 1 aromatic rings. The maximum Gasteiger partial charge on any atom is 0.321 e. The molecule has 0 aliphatic carbocycles. The first-order valence-corrected chi connectivity index (χ1v) is 7.37. The van der Waals surface area contributed by atoms with Gasteiger partial charge in [0.05, 0.1) is 0 Å². The Morgan fingerprint density at radius 3 is 2.72 bits per heavy atom. The predicted octanol–water partition coefficient (Wildman–Crippen LogP) is 2.98. The molecular weight excluding hydrogens is 341 g/mol. The van der Waals surface area contributed by atoms with E-state index in [1.165, 1.54) is 9.13 Å². The van der Waals surface area contributed by atoms with E-state index in [4.69, 9.17) is 0 Å². The minimum absolute atomic E-state index is 0.236. The van der Waals surface area contributed by atoms with E-state index >= 15 is 0 Å². The molecule has 1 aliphatic heterocycles. The van der Waals surface area contributed by atoms with Crippen LogP contribution in [0, 0.1) is 9.49 Å².